The van der Waals surface area contributed by atoms with Crippen molar-refractivity contribution in [3.05, 3.63) is 77.9 Å². The zero-order valence-corrected chi connectivity index (χ0v) is 22.3. The van der Waals surface area contributed by atoms with E-state index in [0.29, 0.717) is 61.6 Å². The SMILES string of the molecule is COCCN1C[C@@H](NC(=O)Nc2ccc(S(=O)(=O)C3CC3)nc2-c2ccccc2)[C@H](c2ccc(F)c(F)c2)C1. The average Bonchev–Trinajstić information content (AvgIpc) is 3.72. The van der Waals surface area contributed by atoms with Crippen molar-refractivity contribution in [3.63, 3.8) is 0 Å². The van der Waals surface area contributed by atoms with E-state index < -0.39 is 38.8 Å². The predicted octanol–water partition coefficient (Wildman–Crippen LogP) is 4.20. The summed E-state index contributed by atoms with van der Waals surface area (Å²) in [6, 6.07) is 14.9. The summed E-state index contributed by atoms with van der Waals surface area (Å²) in [6.45, 7) is 2.13. The molecule has 3 aromatic rings. The lowest BCUT2D eigenvalue weighted by molar-refractivity contribution is 0.159. The second-order valence-electron chi connectivity index (χ2n) is 9.89. The standard InChI is InChI=1S/C28H30F2N4O4S/c1-38-14-13-34-16-21(19-7-10-22(29)23(30)15-19)25(17-34)32-28(35)31-24-11-12-26(39(36,37)20-8-9-20)33-27(24)18-5-3-2-4-6-18/h2-7,10-12,15,20-21,25H,8-9,13-14,16-17H2,1H3,(H2,31,32,35)/t21-,25+/m0/s1. The Bertz CT molecular complexity index is 1450. The van der Waals surface area contributed by atoms with E-state index in [2.05, 4.69) is 20.5 Å². The minimum atomic E-state index is -3.53. The molecule has 0 spiro atoms. The van der Waals surface area contributed by atoms with Crippen LogP contribution in [-0.4, -0.2) is 69.0 Å². The number of carbonyl (C=O) groups is 1. The lowest BCUT2D eigenvalue weighted by atomic mass is 9.94. The first kappa shape index (κ1) is 27.2. The lowest BCUT2D eigenvalue weighted by Crippen LogP contribution is -2.42. The number of aromatic nitrogens is 1. The molecule has 206 valence electrons. The molecule has 5 rings (SSSR count). The number of urea groups is 1. The van der Waals surface area contributed by atoms with Crippen molar-refractivity contribution in [1.29, 1.82) is 0 Å². The van der Waals surface area contributed by atoms with E-state index in [9.17, 15) is 22.0 Å². The van der Waals surface area contributed by atoms with Crippen molar-refractivity contribution >= 4 is 21.6 Å². The van der Waals surface area contributed by atoms with Gasteiger partial charge in [-0.3, -0.25) is 4.90 Å². The third-order valence-corrected chi connectivity index (χ3v) is 9.27. The molecule has 2 atom stereocenters. The highest BCUT2D eigenvalue weighted by atomic mass is 32.2. The average molecular weight is 557 g/mol. The molecule has 1 aromatic heterocycles. The Balaban J connectivity index is 1.39. The summed E-state index contributed by atoms with van der Waals surface area (Å²) >= 11 is 0. The Morgan fingerprint density at radius 3 is 2.51 bits per heavy atom. The molecule has 0 bridgehead atoms. The van der Waals surface area contributed by atoms with Crippen LogP contribution in [0.1, 0.15) is 24.3 Å². The Morgan fingerprint density at radius 2 is 1.82 bits per heavy atom. The molecular weight excluding hydrogens is 526 g/mol. The first-order valence-corrected chi connectivity index (χ1v) is 14.3. The van der Waals surface area contributed by atoms with E-state index in [1.54, 1.807) is 25.3 Å². The fraction of sp³-hybridized carbons (Fsp3) is 0.357. The molecule has 2 heterocycles. The van der Waals surface area contributed by atoms with Gasteiger partial charge >= 0.3 is 6.03 Å². The van der Waals surface area contributed by atoms with E-state index >= 15 is 0 Å². The highest BCUT2D eigenvalue weighted by molar-refractivity contribution is 7.92. The summed E-state index contributed by atoms with van der Waals surface area (Å²) in [5.41, 5.74) is 1.94. The van der Waals surface area contributed by atoms with Gasteiger partial charge in [0, 0.05) is 38.2 Å². The van der Waals surface area contributed by atoms with Gasteiger partial charge in [-0.1, -0.05) is 36.4 Å². The van der Waals surface area contributed by atoms with Crippen molar-refractivity contribution in [3.8, 4) is 11.3 Å². The summed E-state index contributed by atoms with van der Waals surface area (Å²) in [7, 11) is -1.93. The zero-order valence-electron chi connectivity index (χ0n) is 21.4. The summed E-state index contributed by atoms with van der Waals surface area (Å²) < 4.78 is 58.5. The third-order valence-electron chi connectivity index (χ3n) is 7.12. The van der Waals surface area contributed by atoms with Gasteiger partial charge in [-0.2, -0.15) is 0 Å². The number of benzene rings is 2. The van der Waals surface area contributed by atoms with Crippen LogP contribution in [0.4, 0.5) is 19.3 Å². The molecule has 1 saturated heterocycles. The molecular formula is C28H30F2N4O4S. The number of anilines is 1. The van der Waals surface area contributed by atoms with Crippen LogP contribution >= 0.6 is 0 Å². The smallest absolute Gasteiger partial charge is 0.319 e. The number of nitrogens with zero attached hydrogens (tertiary/aromatic N) is 2. The van der Waals surface area contributed by atoms with Crippen molar-refractivity contribution in [1.82, 2.24) is 15.2 Å². The fourth-order valence-corrected chi connectivity index (χ4v) is 6.48. The maximum absolute atomic E-state index is 14.0. The summed E-state index contributed by atoms with van der Waals surface area (Å²) in [6.07, 6.45) is 1.24. The topological polar surface area (TPSA) is 101 Å². The van der Waals surface area contributed by atoms with Gasteiger partial charge in [-0.15, -0.1) is 0 Å². The zero-order chi connectivity index (χ0) is 27.6. The molecule has 2 aromatic carbocycles. The van der Waals surface area contributed by atoms with E-state index in [1.807, 2.05) is 18.2 Å². The number of nitrogens with one attached hydrogen (secondary N) is 2. The Kier molecular flexibility index (Phi) is 7.92. The first-order chi connectivity index (χ1) is 18.8. The number of ether oxygens (including phenoxy) is 1. The predicted molar refractivity (Wildman–Crippen MR) is 143 cm³/mol. The summed E-state index contributed by atoms with van der Waals surface area (Å²) in [4.78, 5) is 19.8. The third kappa shape index (κ3) is 6.10. The molecule has 11 heteroatoms. The Morgan fingerprint density at radius 1 is 1.05 bits per heavy atom. The van der Waals surface area contributed by atoms with Crippen LogP contribution in [0.25, 0.3) is 11.3 Å². The van der Waals surface area contributed by atoms with Crippen molar-refractivity contribution in [2.75, 3.05) is 38.7 Å². The largest absolute Gasteiger partial charge is 0.383 e. The minimum Gasteiger partial charge on any atom is -0.383 e. The molecule has 1 saturated carbocycles. The van der Waals surface area contributed by atoms with Gasteiger partial charge in [0.25, 0.3) is 0 Å². The van der Waals surface area contributed by atoms with Crippen LogP contribution in [-0.2, 0) is 14.6 Å². The quantitative estimate of drug-likeness (QED) is 0.410. The first-order valence-electron chi connectivity index (χ1n) is 12.8. The molecule has 39 heavy (non-hydrogen) atoms. The molecule has 2 amide bonds. The number of hydrogen-bond donors (Lipinski definition) is 2. The molecule has 8 nitrogen and oxygen atoms in total. The van der Waals surface area contributed by atoms with Crippen LogP contribution in [0, 0.1) is 11.6 Å². The Hall–Kier alpha value is -3.41. The lowest BCUT2D eigenvalue weighted by Gasteiger charge is -2.21. The van der Waals surface area contributed by atoms with Gasteiger partial charge in [0.05, 0.1) is 29.3 Å². The number of pyridine rings is 1. The summed E-state index contributed by atoms with van der Waals surface area (Å²) in [5.74, 6) is -2.14. The molecule has 2 N–H and O–H groups in total. The van der Waals surface area contributed by atoms with E-state index in [4.69, 9.17) is 4.74 Å². The summed E-state index contributed by atoms with van der Waals surface area (Å²) in [5, 5.41) is 5.37. The van der Waals surface area contributed by atoms with E-state index in [1.165, 1.54) is 18.2 Å². The van der Waals surface area contributed by atoms with Crippen molar-refractivity contribution in [2.45, 2.75) is 35.1 Å². The van der Waals surface area contributed by atoms with Crippen LogP contribution in [0.2, 0.25) is 0 Å². The van der Waals surface area contributed by atoms with Crippen LogP contribution < -0.4 is 10.6 Å². The second-order valence-corrected chi connectivity index (χ2v) is 12.1. The van der Waals surface area contributed by atoms with E-state index in [-0.39, 0.29) is 10.9 Å². The second kappa shape index (κ2) is 11.4. The normalized spacial score (nSPS) is 19.7. The van der Waals surface area contributed by atoms with Crippen LogP contribution in [0.15, 0.2) is 65.7 Å². The number of halogens is 2. The van der Waals surface area contributed by atoms with Gasteiger partial charge in [-0.05, 0) is 42.7 Å². The van der Waals surface area contributed by atoms with Crippen LogP contribution in [0.3, 0.4) is 0 Å². The number of methoxy groups -OCH3 is 1. The molecule has 1 aliphatic heterocycles. The van der Waals surface area contributed by atoms with Crippen LogP contribution in [0.5, 0.6) is 0 Å². The van der Waals surface area contributed by atoms with Gasteiger partial charge < -0.3 is 15.4 Å². The molecule has 1 aliphatic carbocycles. The maximum Gasteiger partial charge on any atom is 0.319 e. The van der Waals surface area contributed by atoms with Crippen molar-refractivity contribution < 1.29 is 26.7 Å². The monoisotopic (exact) mass is 556 g/mol. The van der Waals surface area contributed by atoms with E-state index in [0.717, 1.165) is 6.07 Å². The highest BCUT2D eigenvalue weighted by Gasteiger charge is 2.38. The van der Waals surface area contributed by atoms with Gasteiger partial charge in [0.15, 0.2) is 26.5 Å². The van der Waals surface area contributed by atoms with Crippen molar-refractivity contribution in [2.24, 2.45) is 0 Å². The molecule has 2 fully saturated rings. The van der Waals surface area contributed by atoms with Gasteiger partial charge in [0.1, 0.15) is 0 Å². The fourth-order valence-electron chi connectivity index (χ4n) is 4.91. The van der Waals surface area contributed by atoms with Gasteiger partial charge in [-0.25, -0.2) is 27.0 Å². The molecule has 2 aliphatic rings. The Labute approximate surface area is 226 Å². The number of hydrogen-bond acceptors (Lipinski definition) is 6. The molecule has 0 unspecified atom stereocenters. The number of carbonyl (C=O) groups excluding carboxylic acids is 1. The number of rotatable bonds is 9. The van der Waals surface area contributed by atoms with Gasteiger partial charge in [0.2, 0.25) is 0 Å². The number of amides is 2. The number of sulfone groups is 1. The minimum absolute atomic E-state index is 0.0159. The maximum atomic E-state index is 14.0. The highest BCUT2D eigenvalue weighted by Crippen LogP contribution is 2.35. The molecule has 0 radical (unpaired) electrons. The number of likely N-dealkylation sites (tertiary alicyclic amines) is 1.